The molecule has 6 heteroatoms. The van der Waals surface area contributed by atoms with Crippen molar-refractivity contribution in [2.75, 3.05) is 38.5 Å². The number of hydrogen-bond donors (Lipinski definition) is 1. The van der Waals surface area contributed by atoms with Crippen LogP contribution in [0.15, 0.2) is 29.2 Å². The molecule has 1 fully saturated rings. The minimum atomic E-state index is 0.0857. The Morgan fingerprint density at radius 2 is 1.96 bits per heavy atom. The maximum atomic E-state index is 12.0. The van der Waals surface area contributed by atoms with Gasteiger partial charge in [-0.3, -0.25) is 9.69 Å². The fourth-order valence-corrected chi connectivity index (χ4v) is 3.72. The molecule has 0 radical (unpaired) electrons. The number of nitrogens with zero attached hydrogens (tertiary/aromatic N) is 1. The molecule has 0 aromatic heterocycles. The number of hydrogen-bond acceptors (Lipinski definition) is 5. The lowest BCUT2D eigenvalue weighted by atomic mass is 10.2. The Kier molecular flexibility index (Phi) is 8.58. The van der Waals surface area contributed by atoms with Gasteiger partial charge in [0.15, 0.2) is 0 Å². The van der Waals surface area contributed by atoms with Crippen molar-refractivity contribution in [2.24, 2.45) is 0 Å². The Morgan fingerprint density at radius 1 is 1.28 bits per heavy atom. The van der Waals surface area contributed by atoms with Crippen LogP contribution in [0, 0.1) is 0 Å². The second kappa shape index (κ2) is 10.7. The lowest BCUT2D eigenvalue weighted by molar-refractivity contribution is -0.118. The molecule has 0 spiro atoms. The minimum absolute atomic E-state index is 0.0857. The zero-order valence-electron chi connectivity index (χ0n) is 15.5. The van der Waals surface area contributed by atoms with Gasteiger partial charge in [0.25, 0.3) is 0 Å². The molecule has 0 saturated carbocycles. The van der Waals surface area contributed by atoms with Gasteiger partial charge in [0.2, 0.25) is 5.91 Å². The molecular formula is C19H30N2O3S. The molecule has 2 atom stereocenters. The Balaban J connectivity index is 1.57. The van der Waals surface area contributed by atoms with Crippen molar-refractivity contribution in [1.29, 1.82) is 0 Å². The molecule has 5 nitrogen and oxygen atoms in total. The van der Waals surface area contributed by atoms with Crippen molar-refractivity contribution in [3.8, 4) is 5.75 Å². The first-order chi connectivity index (χ1) is 12.1. The third-order valence-electron chi connectivity index (χ3n) is 3.97. The van der Waals surface area contributed by atoms with Gasteiger partial charge in [0, 0.05) is 31.1 Å². The fourth-order valence-electron chi connectivity index (χ4n) is 3.00. The predicted molar refractivity (Wildman–Crippen MR) is 102 cm³/mol. The van der Waals surface area contributed by atoms with Crippen LogP contribution in [0.25, 0.3) is 0 Å². The Hall–Kier alpha value is -1.24. The van der Waals surface area contributed by atoms with Gasteiger partial charge in [-0.25, -0.2) is 0 Å². The average Bonchev–Trinajstić information content (AvgIpc) is 2.57. The van der Waals surface area contributed by atoms with Crippen LogP contribution in [-0.2, 0) is 9.53 Å². The van der Waals surface area contributed by atoms with E-state index in [4.69, 9.17) is 9.47 Å². The molecule has 1 heterocycles. The first-order valence-electron chi connectivity index (χ1n) is 9.07. The number of rotatable bonds is 9. The molecule has 1 aliphatic rings. The van der Waals surface area contributed by atoms with E-state index >= 15 is 0 Å². The molecule has 0 bridgehead atoms. The smallest absolute Gasteiger partial charge is 0.230 e. The van der Waals surface area contributed by atoms with E-state index < -0.39 is 0 Å². The van der Waals surface area contributed by atoms with E-state index in [9.17, 15) is 4.79 Å². The van der Waals surface area contributed by atoms with Crippen LogP contribution in [-0.4, -0.2) is 61.6 Å². The van der Waals surface area contributed by atoms with E-state index in [1.165, 1.54) is 0 Å². The molecule has 1 amide bonds. The molecule has 1 aliphatic heterocycles. The first-order valence-corrected chi connectivity index (χ1v) is 10.1. The zero-order valence-corrected chi connectivity index (χ0v) is 16.3. The summed E-state index contributed by atoms with van der Waals surface area (Å²) in [7, 11) is 0. The number of ether oxygens (including phenoxy) is 2. The van der Waals surface area contributed by atoms with Crippen LogP contribution < -0.4 is 10.1 Å². The van der Waals surface area contributed by atoms with E-state index in [0.717, 1.165) is 43.2 Å². The van der Waals surface area contributed by atoms with E-state index in [-0.39, 0.29) is 5.91 Å². The monoisotopic (exact) mass is 366 g/mol. The molecule has 2 unspecified atom stereocenters. The van der Waals surface area contributed by atoms with Crippen LogP contribution >= 0.6 is 11.8 Å². The van der Waals surface area contributed by atoms with Crippen molar-refractivity contribution in [3.05, 3.63) is 24.3 Å². The summed E-state index contributed by atoms with van der Waals surface area (Å²) >= 11 is 1.55. The second-order valence-corrected chi connectivity index (χ2v) is 7.46. The Morgan fingerprint density at radius 3 is 2.60 bits per heavy atom. The summed E-state index contributed by atoms with van der Waals surface area (Å²) in [6, 6.07) is 7.86. The van der Waals surface area contributed by atoms with Crippen molar-refractivity contribution in [3.63, 3.8) is 0 Å². The van der Waals surface area contributed by atoms with Gasteiger partial charge in [-0.05, 0) is 51.5 Å². The normalized spacial score (nSPS) is 21.1. The topological polar surface area (TPSA) is 50.8 Å². The number of benzene rings is 1. The minimum Gasteiger partial charge on any atom is -0.494 e. The van der Waals surface area contributed by atoms with Gasteiger partial charge in [-0.2, -0.15) is 0 Å². The van der Waals surface area contributed by atoms with Gasteiger partial charge in [0.1, 0.15) is 5.75 Å². The fraction of sp³-hybridized carbons (Fsp3) is 0.632. The van der Waals surface area contributed by atoms with E-state index in [0.29, 0.717) is 24.6 Å². The number of carbonyl (C=O) groups is 1. The summed E-state index contributed by atoms with van der Waals surface area (Å²) in [5, 5.41) is 3.00. The van der Waals surface area contributed by atoms with E-state index in [2.05, 4.69) is 24.1 Å². The number of nitrogens with one attached hydrogen (secondary N) is 1. The van der Waals surface area contributed by atoms with Crippen LogP contribution in [0.3, 0.4) is 0 Å². The molecule has 1 N–H and O–H groups in total. The number of amides is 1. The molecule has 0 aliphatic carbocycles. The maximum Gasteiger partial charge on any atom is 0.230 e. The van der Waals surface area contributed by atoms with Crippen molar-refractivity contribution < 1.29 is 14.3 Å². The molecular weight excluding hydrogens is 336 g/mol. The van der Waals surface area contributed by atoms with Gasteiger partial charge >= 0.3 is 0 Å². The summed E-state index contributed by atoms with van der Waals surface area (Å²) in [5.41, 5.74) is 0. The highest BCUT2D eigenvalue weighted by atomic mass is 32.2. The predicted octanol–water partition coefficient (Wildman–Crippen LogP) is 2.79. The quantitative estimate of drug-likeness (QED) is 0.538. The summed E-state index contributed by atoms with van der Waals surface area (Å²) in [6.45, 7) is 10.5. The largest absolute Gasteiger partial charge is 0.494 e. The molecule has 1 aromatic rings. The summed E-state index contributed by atoms with van der Waals surface area (Å²) in [5.74, 6) is 1.39. The second-order valence-electron chi connectivity index (χ2n) is 6.41. The van der Waals surface area contributed by atoms with Gasteiger partial charge < -0.3 is 14.8 Å². The number of morpholine rings is 1. The maximum absolute atomic E-state index is 12.0. The highest BCUT2D eigenvalue weighted by Gasteiger charge is 2.21. The first kappa shape index (κ1) is 20.1. The van der Waals surface area contributed by atoms with Crippen LogP contribution in [0.5, 0.6) is 5.75 Å². The van der Waals surface area contributed by atoms with Crippen molar-refractivity contribution >= 4 is 17.7 Å². The Bertz CT molecular complexity index is 514. The number of carbonyl (C=O) groups excluding carboxylic acids is 1. The lowest BCUT2D eigenvalue weighted by Gasteiger charge is -2.35. The molecule has 1 aromatic carbocycles. The standard InChI is InChI=1S/C19H30N2O3S/c1-4-23-17-6-8-18(9-7-17)25-14-19(22)20-10-5-11-21-12-15(2)24-16(3)13-21/h6-9,15-16H,4-5,10-14H2,1-3H3,(H,20,22). The average molecular weight is 367 g/mol. The van der Waals surface area contributed by atoms with Gasteiger partial charge in [0.05, 0.1) is 24.6 Å². The van der Waals surface area contributed by atoms with Crippen LogP contribution in [0.4, 0.5) is 0 Å². The highest BCUT2D eigenvalue weighted by Crippen LogP contribution is 2.21. The summed E-state index contributed by atoms with van der Waals surface area (Å²) in [4.78, 5) is 15.4. The number of thioether (sulfide) groups is 1. The third-order valence-corrected chi connectivity index (χ3v) is 4.99. The van der Waals surface area contributed by atoms with E-state index in [1.54, 1.807) is 11.8 Å². The highest BCUT2D eigenvalue weighted by molar-refractivity contribution is 8.00. The zero-order chi connectivity index (χ0) is 18.1. The third kappa shape index (κ3) is 7.67. The van der Waals surface area contributed by atoms with Crippen LogP contribution in [0.2, 0.25) is 0 Å². The van der Waals surface area contributed by atoms with Gasteiger partial charge in [-0.15, -0.1) is 11.8 Å². The molecule has 1 saturated heterocycles. The van der Waals surface area contributed by atoms with Crippen molar-refractivity contribution in [1.82, 2.24) is 10.2 Å². The van der Waals surface area contributed by atoms with Crippen LogP contribution in [0.1, 0.15) is 27.2 Å². The van der Waals surface area contributed by atoms with Gasteiger partial charge in [-0.1, -0.05) is 0 Å². The summed E-state index contributed by atoms with van der Waals surface area (Å²) < 4.78 is 11.1. The van der Waals surface area contributed by atoms with E-state index in [1.807, 2.05) is 31.2 Å². The molecule has 25 heavy (non-hydrogen) atoms. The Labute approximate surface area is 155 Å². The lowest BCUT2D eigenvalue weighted by Crippen LogP contribution is -2.46. The molecule has 140 valence electrons. The molecule has 2 rings (SSSR count). The van der Waals surface area contributed by atoms with Crippen molar-refractivity contribution in [2.45, 2.75) is 44.3 Å². The summed E-state index contributed by atoms with van der Waals surface area (Å²) in [6.07, 6.45) is 1.56. The SMILES string of the molecule is CCOc1ccc(SCC(=O)NCCCN2CC(C)OC(C)C2)cc1.